The number of fused-ring (bicyclic) bond motifs is 1. The maximum absolute atomic E-state index is 12.7. The predicted octanol–water partition coefficient (Wildman–Crippen LogP) is 2.87. The number of aryl methyl sites for hydroxylation is 2. The van der Waals surface area contributed by atoms with Gasteiger partial charge in [-0.15, -0.1) is 0 Å². The predicted molar refractivity (Wildman–Crippen MR) is 76.7 cm³/mol. The summed E-state index contributed by atoms with van der Waals surface area (Å²) >= 11 is 0. The molecule has 3 aromatic rings. The van der Waals surface area contributed by atoms with Crippen LogP contribution in [0.2, 0.25) is 0 Å². The molecule has 2 heterocycles. The number of pyridine rings is 1. The van der Waals surface area contributed by atoms with E-state index >= 15 is 0 Å². The molecule has 0 N–H and O–H groups in total. The molecule has 1 aromatic carbocycles. The Hall–Kier alpha value is -2.62. The van der Waals surface area contributed by atoms with E-state index in [1.807, 2.05) is 31.2 Å². The molecular weight excluding hydrogens is 250 g/mol. The van der Waals surface area contributed by atoms with Gasteiger partial charge in [-0.3, -0.25) is 9.78 Å². The van der Waals surface area contributed by atoms with Crippen LogP contribution in [-0.2, 0) is 0 Å². The van der Waals surface area contributed by atoms with Crippen molar-refractivity contribution in [2.45, 2.75) is 13.8 Å². The fourth-order valence-electron chi connectivity index (χ4n) is 2.21. The third-order valence-corrected chi connectivity index (χ3v) is 3.22. The van der Waals surface area contributed by atoms with E-state index in [0.29, 0.717) is 22.3 Å². The van der Waals surface area contributed by atoms with Gasteiger partial charge < -0.3 is 0 Å². The largest absolute Gasteiger partial charge is 0.288 e. The number of nitrogens with zero attached hydrogens (tertiary/aromatic N) is 3. The molecule has 2 aromatic heterocycles. The van der Waals surface area contributed by atoms with Gasteiger partial charge in [0, 0.05) is 22.7 Å². The number of hydrogen-bond acceptors (Lipinski definition) is 4. The summed E-state index contributed by atoms with van der Waals surface area (Å²) in [4.78, 5) is 17.0. The van der Waals surface area contributed by atoms with Gasteiger partial charge in [-0.2, -0.15) is 10.2 Å². The van der Waals surface area contributed by atoms with Gasteiger partial charge in [-0.05, 0) is 32.0 Å². The molecule has 3 rings (SSSR count). The molecule has 0 aliphatic heterocycles. The molecule has 0 radical (unpaired) electrons. The number of rotatable bonds is 2. The Kier molecular flexibility index (Phi) is 2.99. The molecule has 4 nitrogen and oxygen atoms in total. The van der Waals surface area contributed by atoms with Crippen LogP contribution in [0.5, 0.6) is 0 Å². The van der Waals surface area contributed by atoms with Crippen molar-refractivity contribution >= 4 is 16.7 Å². The summed E-state index contributed by atoms with van der Waals surface area (Å²) < 4.78 is 0. The van der Waals surface area contributed by atoms with Crippen LogP contribution in [0.1, 0.15) is 27.3 Å². The lowest BCUT2D eigenvalue weighted by atomic mass is 9.99. The summed E-state index contributed by atoms with van der Waals surface area (Å²) in [7, 11) is 0. The summed E-state index contributed by atoms with van der Waals surface area (Å²) in [5.74, 6) is -0.0650. The number of hydrogen-bond donors (Lipinski definition) is 0. The molecule has 0 saturated heterocycles. The monoisotopic (exact) mass is 263 g/mol. The lowest BCUT2D eigenvalue weighted by molar-refractivity contribution is 0.103. The van der Waals surface area contributed by atoms with E-state index in [0.717, 1.165) is 11.1 Å². The number of carbonyl (C=O) groups is 1. The zero-order valence-corrected chi connectivity index (χ0v) is 11.3. The second-order valence-electron chi connectivity index (χ2n) is 4.69. The van der Waals surface area contributed by atoms with Crippen molar-refractivity contribution in [3.05, 3.63) is 65.1 Å². The maximum atomic E-state index is 12.7. The van der Waals surface area contributed by atoms with Crippen LogP contribution in [0.3, 0.4) is 0 Å². The van der Waals surface area contributed by atoms with E-state index < -0.39 is 0 Å². The average molecular weight is 263 g/mol. The van der Waals surface area contributed by atoms with E-state index in [2.05, 4.69) is 15.2 Å². The van der Waals surface area contributed by atoms with Crippen molar-refractivity contribution in [1.29, 1.82) is 0 Å². The smallest absolute Gasteiger partial charge is 0.197 e. The lowest BCUT2D eigenvalue weighted by Crippen LogP contribution is -2.08. The van der Waals surface area contributed by atoms with Crippen LogP contribution in [0.15, 0.2) is 42.6 Å². The first-order valence-electron chi connectivity index (χ1n) is 6.36. The van der Waals surface area contributed by atoms with Gasteiger partial charge in [0.05, 0.1) is 16.9 Å². The quantitative estimate of drug-likeness (QED) is 0.667. The summed E-state index contributed by atoms with van der Waals surface area (Å²) in [6.07, 6.45) is 1.70. The fraction of sp³-hybridized carbons (Fsp3) is 0.125. The van der Waals surface area contributed by atoms with E-state index in [9.17, 15) is 4.79 Å². The van der Waals surface area contributed by atoms with Crippen molar-refractivity contribution in [3.63, 3.8) is 0 Å². The van der Waals surface area contributed by atoms with Crippen LogP contribution < -0.4 is 0 Å². The second-order valence-corrected chi connectivity index (χ2v) is 4.69. The molecule has 0 amide bonds. The first kappa shape index (κ1) is 12.4. The molecule has 0 bridgehead atoms. The number of aromatic nitrogens is 3. The first-order chi connectivity index (χ1) is 9.66. The summed E-state index contributed by atoms with van der Waals surface area (Å²) in [6.45, 7) is 3.61. The Morgan fingerprint density at radius 2 is 1.80 bits per heavy atom. The summed E-state index contributed by atoms with van der Waals surface area (Å²) in [5, 5.41) is 8.93. The van der Waals surface area contributed by atoms with Gasteiger partial charge in [0.15, 0.2) is 5.78 Å². The molecule has 0 aliphatic carbocycles. The molecule has 98 valence electrons. The van der Waals surface area contributed by atoms with Crippen molar-refractivity contribution in [1.82, 2.24) is 15.2 Å². The first-order valence-corrected chi connectivity index (χ1v) is 6.36. The van der Waals surface area contributed by atoms with Crippen molar-refractivity contribution in [3.8, 4) is 0 Å². The van der Waals surface area contributed by atoms with Gasteiger partial charge in [0.1, 0.15) is 0 Å². The minimum absolute atomic E-state index is 0.0650. The summed E-state index contributed by atoms with van der Waals surface area (Å²) in [5.41, 5.74) is 3.25. The molecule has 0 saturated carbocycles. The standard InChI is InChI=1S/C16H13N3O/c1-10-9-14(11(2)19-18-10)16(20)13-7-3-5-12-6-4-8-17-15(12)13/h3-9H,1-2H3. The lowest BCUT2D eigenvalue weighted by Gasteiger charge is -2.07. The van der Waals surface area contributed by atoms with Gasteiger partial charge in [-0.25, -0.2) is 0 Å². The SMILES string of the molecule is Cc1cc(C(=O)c2cccc3cccnc23)c(C)nn1. The molecule has 0 atom stereocenters. The Bertz CT molecular complexity index is 806. The molecule has 0 fully saturated rings. The zero-order chi connectivity index (χ0) is 14.1. The van der Waals surface area contributed by atoms with Gasteiger partial charge in [0.2, 0.25) is 0 Å². The van der Waals surface area contributed by atoms with Crippen LogP contribution in [-0.4, -0.2) is 21.0 Å². The van der Waals surface area contributed by atoms with Gasteiger partial charge >= 0.3 is 0 Å². The fourth-order valence-corrected chi connectivity index (χ4v) is 2.21. The Morgan fingerprint density at radius 1 is 1.00 bits per heavy atom. The number of carbonyl (C=O) groups excluding carboxylic acids is 1. The number of para-hydroxylation sites is 1. The van der Waals surface area contributed by atoms with Crippen LogP contribution in [0.4, 0.5) is 0 Å². The summed E-state index contributed by atoms with van der Waals surface area (Å²) in [6, 6.07) is 11.2. The maximum Gasteiger partial charge on any atom is 0.197 e. The topological polar surface area (TPSA) is 55.7 Å². The molecular formula is C16H13N3O. The van der Waals surface area contributed by atoms with Crippen LogP contribution in [0.25, 0.3) is 10.9 Å². The highest BCUT2D eigenvalue weighted by atomic mass is 16.1. The third kappa shape index (κ3) is 2.05. The minimum atomic E-state index is -0.0650. The van der Waals surface area contributed by atoms with Crippen LogP contribution in [0, 0.1) is 13.8 Å². The molecule has 20 heavy (non-hydrogen) atoms. The second kappa shape index (κ2) is 4.81. The number of benzene rings is 1. The van der Waals surface area contributed by atoms with Gasteiger partial charge in [-0.1, -0.05) is 18.2 Å². The average Bonchev–Trinajstić information content (AvgIpc) is 2.48. The van der Waals surface area contributed by atoms with Gasteiger partial charge in [0.25, 0.3) is 0 Å². The highest BCUT2D eigenvalue weighted by Gasteiger charge is 2.16. The van der Waals surface area contributed by atoms with Crippen molar-refractivity contribution in [2.24, 2.45) is 0 Å². The van der Waals surface area contributed by atoms with Crippen molar-refractivity contribution in [2.75, 3.05) is 0 Å². The third-order valence-electron chi connectivity index (χ3n) is 3.22. The van der Waals surface area contributed by atoms with E-state index in [-0.39, 0.29) is 5.78 Å². The zero-order valence-electron chi connectivity index (χ0n) is 11.3. The highest BCUT2D eigenvalue weighted by Crippen LogP contribution is 2.20. The minimum Gasteiger partial charge on any atom is -0.288 e. The van der Waals surface area contributed by atoms with E-state index in [4.69, 9.17) is 0 Å². The molecule has 0 spiro atoms. The Morgan fingerprint density at radius 3 is 2.65 bits per heavy atom. The Balaban J connectivity index is 2.20. The van der Waals surface area contributed by atoms with Crippen molar-refractivity contribution < 1.29 is 4.79 Å². The molecule has 0 unspecified atom stereocenters. The highest BCUT2D eigenvalue weighted by molar-refractivity contribution is 6.15. The molecule has 4 heteroatoms. The van der Waals surface area contributed by atoms with E-state index in [1.54, 1.807) is 25.3 Å². The normalized spacial score (nSPS) is 10.7. The Labute approximate surface area is 116 Å². The van der Waals surface area contributed by atoms with Crippen LogP contribution >= 0.6 is 0 Å². The number of ketones is 1. The molecule has 0 aliphatic rings. The van der Waals surface area contributed by atoms with E-state index in [1.165, 1.54) is 0 Å².